The lowest BCUT2D eigenvalue weighted by molar-refractivity contribution is -0.118. The van der Waals surface area contributed by atoms with Crippen molar-refractivity contribution in [3.05, 3.63) is 35.4 Å². The number of benzene rings is 1. The molecule has 5 nitrogen and oxygen atoms in total. The molecule has 140 valence electrons. The summed E-state index contributed by atoms with van der Waals surface area (Å²) in [6, 6.07) is 6.08. The first-order chi connectivity index (χ1) is 12.2. The minimum absolute atomic E-state index is 0.145. The highest BCUT2D eigenvalue weighted by atomic mass is 16.6. The van der Waals surface area contributed by atoms with E-state index in [1.54, 1.807) is 9.80 Å². The molecule has 0 saturated heterocycles. The molecule has 0 radical (unpaired) electrons. The average Bonchev–Trinajstić information content (AvgIpc) is 2.56. The molecule has 2 aliphatic rings. The first-order valence-corrected chi connectivity index (χ1v) is 9.26. The lowest BCUT2D eigenvalue weighted by atomic mass is 9.94. The van der Waals surface area contributed by atoms with Gasteiger partial charge in [0.25, 0.3) is 0 Å². The second-order valence-corrected chi connectivity index (χ2v) is 8.32. The van der Waals surface area contributed by atoms with Crippen molar-refractivity contribution in [2.45, 2.75) is 52.6 Å². The molecule has 2 heterocycles. The van der Waals surface area contributed by atoms with E-state index in [0.717, 1.165) is 35.4 Å². The summed E-state index contributed by atoms with van der Waals surface area (Å²) in [5.74, 6) is 0.541. The zero-order valence-corrected chi connectivity index (χ0v) is 16.3. The molecule has 0 N–H and O–H groups in total. The third-order valence-electron chi connectivity index (χ3n) is 4.83. The number of fused-ring (bicyclic) bond motifs is 1. The number of hydrogen-bond acceptors (Lipinski definition) is 3. The van der Waals surface area contributed by atoms with Crippen molar-refractivity contribution < 1.29 is 14.3 Å². The van der Waals surface area contributed by atoms with Gasteiger partial charge in [-0.25, -0.2) is 4.79 Å². The highest BCUT2D eigenvalue weighted by molar-refractivity contribution is 5.96. The maximum atomic E-state index is 12.7. The monoisotopic (exact) mass is 356 g/mol. The van der Waals surface area contributed by atoms with Gasteiger partial charge < -0.3 is 9.64 Å². The van der Waals surface area contributed by atoms with E-state index in [1.807, 2.05) is 40.0 Å². The summed E-state index contributed by atoms with van der Waals surface area (Å²) in [5.41, 5.74) is 3.48. The molecule has 1 atom stereocenters. The fourth-order valence-electron chi connectivity index (χ4n) is 3.49. The van der Waals surface area contributed by atoms with Crippen LogP contribution >= 0.6 is 0 Å². The van der Waals surface area contributed by atoms with Crippen LogP contribution in [0.1, 0.15) is 51.7 Å². The van der Waals surface area contributed by atoms with Crippen molar-refractivity contribution in [1.29, 1.82) is 0 Å². The van der Waals surface area contributed by atoms with Crippen LogP contribution in [-0.4, -0.2) is 36.1 Å². The quantitative estimate of drug-likeness (QED) is 0.757. The van der Waals surface area contributed by atoms with E-state index in [1.165, 1.54) is 0 Å². The second-order valence-electron chi connectivity index (χ2n) is 8.32. The Bertz CT molecular complexity index is 761. The van der Waals surface area contributed by atoms with Gasteiger partial charge in [-0.1, -0.05) is 19.1 Å². The van der Waals surface area contributed by atoms with Crippen LogP contribution in [0.2, 0.25) is 0 Å². The minimum Gasteiger partial charge on any atom is -0.443 e. The molecule has 0 fully saturated rings. The summed E-state index contributed by atoms with van der Waals surface area (Å²) in [7, 11) is 1.81. The lowest BCUT2D eigenvalue weighted by Gasteiger charge is -2.34. The van der Waals surface area contributed by atoms with Crippen molar-refractivity contribution in [2.24, 2.45) is 5.92 Å². The molecule has 1 aromatic carbocycles. The number of aryl methyl sites for hydroxylation is 1. The summed E-state index contributed by atoms with van der Waals surface area (Å²) >= 11 is 0. The minimum atomic E-state index is -0.526. The molecule has 26 heavy (non-hydrogen) atoms. The van der Waals surface area contributed by atoms with Gasteiger partial charge in [0.05, 0.1) is 5.70 Å². The van der Waals surface area contributed by atoms with Crippen molar-refractivity contribution in [3.8, 4) is 0 Å². The number of nitrogens with zero attached hydrogens (tertiary/aromatic N) is 2. The predicted molar refractivity (Wildman–Crippen MR) is 103 cm³/mol. The Kier molecular flexibility index (Phi) is 4.82. The van der Waals surface area contributed by atoms with Crippen LogP contribution in [0.3, 0.4) is 0 Å². The van der Waals surface area contributed by atoms with Crippen LogP contribution < -0.4 is 4.90 Å². The molecule has 0 aliphatic carbocycles. The zero-order valence-electron chi connectivity index (χ0n) is 16.3. The Hall–Kier alpha value is -2.30. The Labute approximate surface area is 155 Å². The molecular weight excluding hydrogens is 328 g/mol. The van der Waals surface area contributed by atoms with Gasteiger partial charge >= 0.3 is 6.09 Å². The summed E-state index contributed by atoms with van der Waals surface area (Å²) in [4.78, 5) is 28.1. The molecule has 2 aliphatic heterocycles. The molecule has 0 bridgehead atoms. The number of ether oxygens (including phenoxy) is 1. The van der Waals surface area contributed by atoms with Gasteiger partial charge in [-0.15, -0.1) is 0 Å². The Morgan fingerprint density at radius 3 is 2.65 bits per heavy atom. The number of anilines is 1. The molecule has 2 amide bonds. The van der Waals surface area contributed by atoms with Gasteiger partial charge in [-0.2, -0.15) is 0 Å². The summed E-state index contributed by atoms with van der Waals surface area (Å²) in [6.07, 6.45) is 4.02. The average molecular weight is 356 g/mol. The smallest absolute Gasteiger partial charge is 0.414 e. The lowest BCUT2D eigenvalue weighted by Crippen LogP contribution is -2.39. The number of allylic oxidation sites excluding steroid dienone is 1. The largest absolute Gasteiger partial charge is 0.443 e. The second kappa shape index (κ2) is 6.78. The number of rotatable bonds is 1. The van der Waals surface area contributed by atoms with Crippen molar-refractivity contribution in [3.63, 3.8) is 0 Å². The van der Waals surface area contributed by atoms with Gasteiger partial charge in [-0.05, 0) is 62.8 Å². The van der Waals surface area contributed by atoms with Gasteiger partial charge in [-0.3, -0.25) is 9.69 Å². The van der Waals surface area contributed by atoms with Gasteiger partial charge in [0.1, 0.15) is 5.60 Å². The standard InChI is InChI=1S/C21H28N2O3/c1-14-6-9-18(23(13-14)20(25)26-21(2,3)4)16-7-10-17-15(12-16)8-11-19(24)22(17)5/h7,9-10,12,14H,6,8,11,13H2,1-5H3. The van der Waals surface area contributed by atoms with E-state index < -0.39 is 5.60 Å². The van der Waals surface area contributed by atoms with Crippen LogP contribution in [0.15, 0.2) is 24.3 Å². The molecule has 3 rings (SSSR count). The fraction of sp³-hybridized carbons (Fsp3) is 0.524. The fourth-order valence-corrected chi connectivity index (χ4v) is 3.49. The van der Waals surface area contributed by atoms with Crippen LogP contribution in [-0.2, 0) is 16.0 Å². The topological polar surface area (TPSA) is 49.9 Å². The van der Waals surface area contributed by atoms with E-state index in [9.17, 15) is 9.59 Å². The molecule has 5 heteroatoms. The van der Waals surface area contributed by atoms with Gasteiger partial charge in [0.15, 0.2) is 0 Å². The van der Waals surface area contributed by atoms with E-state index >= 15 is 0 Å². The van der Waals surface area contributed by atoms with Crippen LogP contribution in [0, 0.1) is 5.92 Å². The highest BCUT2D eigenvalue weighted by Gasteiger charge is 2.30. The van der Waals surface area contributed by atoms with Gasteiger partial charge in [0.2, 0.25) is 5.91 Å². The Morgan fingerprint density at radius 1 is 1.23 bits per heavy atom. The highest BCUT2D eigenvalue weighted by Crippen LogP contribution is 2.34. The summed E-state index contributed by atoms with van der Waals surface area (Å²) < 4.78 is 5.61. The number of carbonyl (C=O) groups excluding carboxylic acids is 2. The molecule has 0 saturated carbocycles. The van der Waals surface area contributed by atoms with Crippen molar-refractivity contribution >= 4 is 23.4 Å². The molecule has 1 unspecified atom stereocenters. The van der Waals surface area contributed by atoms with E-state index in [-0.39, 0.29) is 12.0 Å². The molecule has 0 aromatic heterocycles. The molecular formula is C21H28N2O3. The van der Waals surface area contributed by atoms with E-state index in [4.69, 9.17) is 4.74 Å². The predicted octanol–water partition coefficient (Wildman–Crippen LogP) is 4.21. The Morgan fingerprint density at radius 2 is 1.96 bits per heavy atom. The normalized spacial score (nSPS) is 20.6. The number of amides is 2. The van der Waals surface area contributed by atoms with Crippen LogP contribution in [0.4, 0.5) is 10.5 Å². The Balaban J connectivity index is 1.93. The van der Waals surface area contributed by atoms with Crippen LogP contribution in [0.5, 0.6) is 0 Å². The summed E-state index contributed by atoms with van der Waals surface area (Å²) in [6.45, 7) is 8.43. The number of carbonyl (C=O) groups is 2. The SMILES string of the molecule is CC1CC=C(c2ccc3c(c2)CCC(=O)N3C)N(C(=O)OC(C)(C)C)C1. The maximum absolute atomic E-state index is 12.7. The van der Waals surface area contributed by atoms with Crippen molar-refractivity contribution in [2.75, 3.05) is 18.5 Å². The summed E-state index contributed by atoms with van der Waals surface area (Å²) in [5, 5.41) is 0. The van der Waals surface area contributed by atoms with Crippen molar-refractivity contribution in [1.82, 2.24) is 4.90 Å². The van der Waals surface area contributed by atoms with Crippen LogP contribution in [0.25, 0.3) is 5.70 Å². The van der Waals surface area contributed by atoms with E-state index in [0.29, 0.717) is 18.9 Å². The maximum Gasteiger partial charge on any atom is 0.414 e. The van der Waals surface area contributed by atoms with E-state index in [2.05, 4.69) is 19.1 Å². The number of hydrogen-bond donors (Lipinski definition) is 0. The van der Waals surface area contributed by atoms with Gasteiger partial charge in [0, 0.05) is 25.7 Å². The third kappa shape index (κ3) is 3.76. The molecule has 0 spiro atoms. The third-order valence-corrected chi connectivity index (χ3v) is 4.83. The first-order valence-electron chi connectivity index (χ1n) is 9.26. The zero-order chi connectivity index (χ0) is 19.1. The first kappa shape index (κ1) is 18.5. The molecule has 1 aromatic rings.